The molecule has 0 N–H and O–H groups in total. The van der Waals surface area contributed by atoms with Gasteiger partial charge >= 0.3 is 0 Å². The van der Waals surface area contributed by atoms with E-state index in [1.54, 1.807) is 0 Å². The Morgan fingerprint density at radius 3 is 2.44 bits per heavy atom. The third-order valence-corrected chi connectivity index (χ3v) is 4.82. The normalized spacial score (nSPS) is 30.7. The molecule has 18 heavy (non-hydrogen) atoms. The fourth-order valence-electron chi connectivity index (χ4n) is 3.36. The van der Waals surface area contributed by atoms with Crippen LogP contribution in [0.1, 0.15) is 39.0 Å². The van der Waals surface area contributed by atoms with E-state index in [1.807, 2.05) is 7.11 Å². The molecule has 0 radical (unpaired) electrons. The molecule has 1 aliphatic carbocycles. The van der Waals surface area contributed by atoms with E-state index in [1.165, 1.54) is 58.3 Å². The minimum atomic E-state index is 0.531. The van der Waals surface area contributed by atoms with Crippen LogP contribution in [0.2, 0.25) is 0 Å². The summed E-state index contributed by atoms with van der Waals surface area (Å²) in [5.74, 6) is 0.921. The number of ether oxygens (including phenoxy) is 1. The van der Waals surface area contributed by atoms with Crippen LogP contribution >= 0.6 is 0 Å². The summed E-state index contributed by atoms with van der Waals surface area (Å²) in [6.07, 6.45) is 7.09. The molecule has 0 aromatic heterocycles. The number of piperidine rings is 1. The molecule has 0 aromatic carbocycles. The van der Waals surface area contributed by atoms with Gasteiger partial charge in [0, 0.05) is 19.7 Å². The summed E-state index contributed by atoms with van der Waals surface area (Å²) in [4.78, 5) is 5.20. The first-order chi connectivity index (χ1) is 8.72. The van der Waals surface area contributed by atoms with E-state index in [9.17, 15) is 0 Å². The summed E-state index contributed by atoms with van der Waals surface area (Å²) in [5, 5.41) is 0. The first-order valence-corrected chi connectivity index (χ1v) is 7.68. The van der Waals surface area contributed by atoms with Crippen LogP contribution in [-0.4, -0.2) is 62.3 Å². The maximum absolute atomic E-state index is 5.36. The Balaban J connectivity index is 1.62. The lowest BCUT2D eigenvalue weighted by Gasteiger charge is -2.42. The Bertz CT molecular complexity index is 233. The number of hydrogen-bond donors (Lipinski definition) is 0. The molecule has 3 heteroatoms. The molecule has 2 fully saturated rings. The van der Waals surface area contributed by atoms with Gasteiger partial charge in [-0.15, -0.1) is 0 Å². The van der Waals surface area contributed by atoms with Gasteiger partial charge in [0.25, 0.3) is 0 Å². The van der Waals surface area contributed by atoms with Crippen molar-refractivity contribution < 1.29 is 4.74 Å². The van der Waals surface area contributed by atoms with E-state index < -0.39 is 0 Å². The lowest BCUT2D eigenvalue weighted by molar-refractivity contribution is -0.0253. The van der Waals surface area contributed by atoms with Crippen molar-refractivity contribution in [1.29, 1.82) is 0 Å². The molecule has 0 bridgehead atoms. The van der Waals surface area contributed by atoms with Crippen LogP contribution in [0.5, 0.6) is 0 Å². The molecular formula is C15H30N2O. The van der Waals surface area contributed by atoms with Crippen LogP contribution in [0.15, 0.2) is 0 Å². The molecule has 0 atom stereocenters. The van der Waals surface area contributed by atoms with Gasteiger partial charge in [-0.3, -0.25) is 0 Å². The molecule has 2 rings (SSSR count). The van der Waals surface area contributed by atoms with Crippen LogP contribution < -0.4 is 0 Å². The Kier molecular flexibility index (Phi) is 5.46. The Morgan fingerprint density at radius 1 is 1.22 bits per heavy atom. The molecule has 1 heterocycles. The molecule has 0 unspecified atom stereocenters. The minimum absolute atomic E-state index is 0.531. The van der Waals surface area contributed by atoms with Crippen LogP contribution in [0.4, 0.5) is 0 Å². The van der Waals surface area contributed by atoms with Gasteiger partial charge < -0.3 is 14.5 Å². The van der Waals surface area contributed by atoms with Crippen molar-refractivity contribution in [3.63, 3.8) is 0 Å². The van der Waals surface area contributed by atoms with Crippen LogP contribution in [0.3, 0.4) is 0 Å². The summed E-state index contributed by atoms with van der Waals surface area (Å²) in [6, 6.07) is 0.781. The summed E-state index contributed by atoms with van der Waals surface area (Å²) in [7, 11) is 4.14. The third-order valence-electron chi connectivity index (χ3n) is 4.82. The second-order valence-electron chi connectivity index (χ2n) is 6.21. The largest absolute Gasteiger partial charge is 0.381 e. The van der Waals surface area contributed by atoms with Crippen LogP contribution in [0.25, 0.3) is 0 Å². The number of rotatable bonds is 6. The lowest BCUT2D eigenvalue weighted by Crippen LogP contribution is -2.48. The molecule has 1 saturated heterocycles. The number of nitrogens with zero attached hydrogens (tertiary/aromatic N) is 2. The summed E-state index contributed by atoms with van der Waals surface area (Å²) >= 11 is 0. The summed E-state index contributed by atoms with van der Waals surface area (Å²) in [6.45, 7) is 7.50. The summed E-state index contributed by atoms with van der Waals surface area (Å²) in [5.41, 5.74) is 0. The van der Waals surface area contributed by atoms with Crippen molar-refractivity contribution in [2.75, 3.05) is 40.3 Å². The van der Waals surface area contributed by atoms with Crippen molar-refractivity contribution >= 4 is 0 Å². The van der Waals surface area contributed by atoms with Crippen molar-refractivity contribution in [2.45, 2.75) is 51.2 Å². The highest BCUT2D eigenvalue weighted by atomic mass is 16.5. The van der Waals surface area contributed by atoms with Crippen molar-refractivity contribution in [2.24, 2.45) is 5.92 Å². The highest BCUT2D eigenvalue weighted by Gasteiger charge is 2.33. The predicted octanol–water partition coefficient (Wildman–Crippen LogP) is 2.22. The molecule has 1 aliphatic heterocycles. The topological polar surface area (TPSA) is 15.7 Å². The first-order valence-electron chi connectivity index (χ1n) is 7.68. The quantitative estimate of drug-likeness (QED) is 0.723. The maximum Gasteiger partial charge on any atom is 0.0601 e. The second kappa shape index (κ2) is 6.88. The fraction of sp³-hybridized carbons (Fsp3) is 1.00. The van der Waals surface area contributed by atoms with Gasteiger partial charge in [0.1, 0.15) is 0 Å². The zero-order valence-corrected chi connectivity index (χ0v) is 12.4. The smallest absolute Gasteiger partial charge is 0.0601 e. The lowest BCUT2D eigenvalue weighted by atomic mass is 9.86. The maximum atomic E-state index is 5.36. The van der Waals surface area contributed by atoms with E-state index in [0.717, 1.165) is 12.0 Å². The Labute approximate surface area is 112 Å². The number of methoxy groups -OCH3 is 1. The van der Waals surface area contributed by atoms with Crippen LogP contribution in [-0.2, 0) is 4.74 Å². The second-order valence-corrected chi connectivity index (χ2v) is 6.21. The van der Waals surface area contributed by atoms with Crippen molar-refractivity contribution in [3.8, 4) is 0 Å². The Hall–Kier alpha value is -0.120. The van der Waals surface area contributed by atoms with Gasteiger partial charge in [-0.25, -0.2) is 0 Å². The van der Waals surface area contributed by atoms with Gasteiger partial charge in [0.15, 0.2) is 0 Å². The van der Waals surface area contributed by atoms with Gasteiger partial charge in [0.2, 0.25) is 0 Å². The SMILES string of the molecule is CCCN1CCC(CN(C)C2CC(OC)C2)CC1. The van der Waals surface area contributed by atoms with E-state index in [0.29, 0.717) is 6.10 Å². The third kappa shape index (κ3) is 3.69. The summed E-state index contributed by atoms with van der Waals surface area (Å²) < 4.78 is 5.36. The Morgan fingerprint density at radius 2 is 1.89 bits per heavy atom. The molecule has 0 spiro atoms. The minimum Gasteiger partial charge on any atom is -0.381 e. The van der Waals surface area contributed by atoms with Gasteiger partial charge in [-0.2, -0.15) is 0 Å². The van der Waals surface area contributed by atoms with Crippen molar-refractivity contribution in [1.82, 2.24) is 9.80 Å². The monoisotopic (exact) mass is 254 g/mol. The first kappa shape index (κ1) is 14.3. The number of hydrogen-bond acceptors (Lipinski definition) is 3. The zero-order valence-electron chi connectivity index (χ0n) is 12.4. The van der Waals surface area contributed by atoms with E-state index in [4.69, 9.17) is 4.74 Å². The molecule has 106 valence electrons. The fourth-order valence-corrected chi connectivity index (χ4v) is 3.36. The van der Waals surface area contributed by atoms with Crippen molar-refractivity contribution in [3.05, 3.63) is 0 Å². The average molecular weight is 254 g/mol. The highest BCUT2D eigenvalue weighted by molar-refractivity contribution is 4.88. The van der Waals surface area contributed by atoms with E-state index in [-0.39, 0.29) is 0 Å². The standard InChI is InChI=1S/C15H30N2O/c1-4-7-17-8-5-13(6-9-17)12-16(2)14-10-15(11-14)18-3/h13-15H,4-12H2,1-3H3. The predicted molar refractivity (Wildman–Crippen MR) is 75.9 cm³/mol. The zero-order chi connectivity index (χ0) is 13.0. The van der Waals surface area contributed by atoms with Gasteiger partial charge in [0.05, 0.1) is 6.10 Å². The molecule has 0 aromatic rings. The van der Waals surface area contributed by atoms with E-state index >= 15 is 0 Å². The molecule has 0 amide bonds. The highest BCUT2D eigenvalue weighted by Crippen LogP contribution is 2.28. The molecule has 2 aliphatic rings. The average Bonchev–Trinajstić information content (AvgIpc) is 2.31. The van der Waals surface area contributed by atoms with Crippen LogP contribution in [0, 0.1) is 5.92 Å². The van der Waals surface area contributed by atoms with Gasteiger partial charge in [-0.05, 0) is 64.7 Å². The molecule has 3 nitrogen and oxygen atoms in total. The van der Waals surface area contributed by atoms with E-state index in [2.05, 4.69) is 23.8 Å². The number of likely N-dealkylation sites (tertiary alicyclic amines) is 1. The molecular weight excluding hydrogens is 224 g/mol. The van der Waals surface area contributed by atoms with Gasteiger partial charge in [-0.1, -0.05) is 6.92 Å². The molecule has 1 saturated carbocycles.